The first-order chi connectivity index (χ1) is 18.6. The Hall–Kier alpha value is -3.32. The van der Waals surface area contributed by atoms with E-state index >= 15 is 0 Å². The van der Waals surface area contributed by atoms with Crippen LogP contribution in [-0.4, -0.2) is 55.5 Å². The lowest BCUT2D eigenvalue weighted by molar-refractivity contribution is 0.0616. The molecular weight excluding hydrogens is 478 g/mol. The topological polar surface area (TPSA) is 76.8 Å². The standard InChI is InChI=1S/C31H39N3O4/c1-34-19-7-11-25(34)15-18-32-30(35)37-26-13-16-31(17-14-26,24-9-4-3-5-10-24)29-22-28(38-33-29)21-23-8-6-12-27(20-23)36-2/h3-6,8-10,12,20,22,25-26H,7,11,13-19,21H2,1-2H3,(H,32,35). The van der Waals surface area contributed by atoms with Gasteiger partial charge in [-0.25, -0.2) is 4.79 Å². The fraction of sp³-hybridized carbons (Fsp3) is 0.484. The number of nitrogens with one attached hydrogen (secondary N) is 1. The molecule has 1 unspecified atom stereocenters. The summed E-state index contributed by atoms with van der Waals surface area (Å²) in [5.74, 6) is 1.66. The summed E-state index contributed by atoms with van der Waals surface area (Å²) in [6.07, 6.45) is 6.92. The Bertz CT molecular complexity index is 1190. The van der Waals surface area contributed by atoms with Gasteiger partial charge in [0.2, 0.25) is 0 Å². The molecule has 1 aliphatic heterocycles. The minimum absolute atomic E-state index is 0.0934. The zero-order valence-electron chi connectivity index (χ0n) is 22.5. The van der Waals surface area contributed by atoms with E-state index in [1.54, 1.807) is 7.11 Å². The average molecular weight is 518 g/mol. The molecule has 2 aromatic carbocycles. The number of hydrogen-bond acceptors (Lipinski definition) is 6. The van der Waals surface area contributed by atoms with Gasteiger partial charge in [0.05, 0.1) is 12.8 Å². The predicted molar refractivity (Wildman–Crippen MR) is 147 cm³/mol. The van der Waals surface area contributed by atoms with E-state index in [0.717, 1.165) is 61.4 Å². The molecule has 2 aliphatic rings. The summed E-state index contributed by atoms with van der Waals surface area (Å²) in [5, 5.41) is 7.54. The van der Waals surface area contributed by atoms with Crippen LogP contribution in [0.1, 0.15) is 67.5 Å². The molecule has 5 rings (SSSR count). The molecule has 0 radical (unpaired) electrons. The molecule has 202 valence electrons. The van der Waals surface area contributed by atoms with E-state index in [1.807, 2.05) is 24.3 Å². The number of carbonyl (C=O) groups is 1. The van der Waals surface area contributed by atoms with E-state index in [4.69, 9.17) is 14.0 Å². The quantitative estimate of drug-likeness (QED) is 0.392. The predicted octanol–water partition coefficient (Wildman–Crippen LogP) is 5.71. The van der Waals surface area contributed by atoms with Gasteiger partial charge in [-0.2, -0.15) is 0 Å². The Morgan fingerprint density at radius 3 is 2.66 bits per heavy atom. The van der Waals surface area contributed by atoms with Crippen molar-refractivity contribution < 1.29 is 18.8 Å². The van der Waals surface area contributed by atoms with Crippen LogP contribution in [0.4, 0.5) is 4.79 Å². The van der Waals surface area contributed by atoms with Crippen LogP contribution in [0.3, 0.4) is 0 Å². The maximum atomic E-state index is 12.5. The summed E-state index contributed by atoms with van der Waals surface area (Å²) in [6.45, 7) is 1.80. The third-order valence-electron chi connectivity index (χ3n) is 8.37. The molecule has 1 saturated carbocycles. The Kier molecular flexibility index (Phi) is 8.32. The van der Waals surface area contributed by atoms with E-state index in [0.29, 0.717) is 19.0 Å². The van der Waals surface area contributed by atoms with Crippen molar-refractivity contribution in [3.8, 4) is 5.75 Å². The number of likely N-dealkylation sites (tertiary alicyclic amines) is 1. The van der Waals surface area contributed by atoms with Crippen molar-refractivity contribution in [2.75, 3.05) is 27.2 Å². The number of benzene rings is 2. The average Bonchev–Trinajstić information content (AvgIpc) is 3.59. The second-order valence-corrected chi connectivity index (χ2v) is 10.8. The molecule has 1 aromatic heterocycles. The lowest BCUT2D eigenvalue weighted by atomic mass is 9.66. The van der Waals surface area contributed by atoms with Gasteiger partial charge in [-0.3, -0.25) is 0 Å². The van der Waals surface area contributed by atoms with Gasteiger partial charge in [0.15, 0.2) is 0 Å². The minimum atomic E-state index is -0.301. The van der Waals surface area contributed by atoms with Crippen molar-refractivity contribution in [2.45, 2.75) is 68.9 Å². The molecule has 0 bridgehead atoms. The van der Waals surface area contributed by atoms with Gasteiger partial charge in [0.25, 0.3) is 0 Å². The van der Waals surface area contributed by atoms with Crippen LogP contribution < -0.4 is 10.1 Å². The van der Waals surface area contributed by atoms with Crippen molar-refractivity contribution in [1.82, 2.24) is 15.4 Å². The Labute approximate surface area is 225 Å². The van der Waals surface area contributed by atoms with Crippen molar-refractivity contribution in [1.29, 1.82) is 0 Å². The van der Waals surface area contributed by atoms with Crippen LogP contribution in [0.2, 0.25) is 0 Å². The highest BCUT2D eigenvalue weighted by Gasteiger charge is 2.42. The molecular formula is C31H39N3O4. The van der Waals surface area contributed by atoms with Gasteiger partial charge < -0.3 is 24.2 Å². The summed E-state index contributed by atoms with van der Waals surface area (Å²) >= 11 is 0. The van der Waals surface area contributed by atoms with Crippen LogP contribution in [0.5, 0.6) is 5.75 Å². The third kappa shape index (κ3) is 6.04. The summed E-state index contributed by atoms with van der Waals surface area (Å²) in [6, 6.07) is 21.2. The largest absolute Gasteiger partial charge is 0.497 e. The van der Waals surface area contributed by atoms with Crippen molar-refractivity contribution >= 4 is 6.09 Å². The SMILES string of the molecule is COc1cccc(Cc2cc(C3(c4ccccc4)CCC(OC(=O)NCCC4CCCN4C)CC3)no2)c1. The summed E-state index contributed by atoms with van der Waals surface area (Å²) in [4.78, 5) is 14.9. The molecule has 1 saturated heterocycles. The van der Waals surface area contributed by atoms with Gasteiger partial charge >= 0.3 is 6.09 Å². The molecule has 7 heteroatoms. The van der Waals surface area contributed by atoms with Gasteiger partial charge in [-0.1, -0.05) is 47.6 Å². The van der Waals surface area contributed by atoms with Crippen LogP contribution in [0.25, 0.3) is 0 Å². The first-order valence-electron chi connectivity index (χ1n) is 13.8. The lowest BCUT2D eigenvalue weighted by Crippen LogP contribution is -2.39. The molecule has 1 atom stereocenters. The number of rotatable bonds is 9. The number of ether oxygens (including phenoxy) is 2. The van der Waals surface area contributed by atoms with Crippen LogP contribution in [0, 0.1) is 0 Å². The first-order valence-corrected chi connectivity index (χ1v) is 13.8. The van der Waals surface area contributed by atoms with E-state index in [1.165, 1.54) is 18.4 Å². The highest BCUT2D eigenvalue weighted by molar-refractivity contribution is 5.67. The summed E-state index contributed by atoms with van der Waals surface area (Å²) < 4.78 is 17.0. The summed E-state index contributed by atoms with van der Waals surface area (Å²) in [7, 11) is 3.84. The van der Waals surface area contributed by atoms with E-state index in [2.05, 4.69) is 58.8 Å². The summed E-state index contributed by atoms with van der Waals surface area (Å²) in [5.41, 5.74) is 3.03. The number of aromatic nitrogens is 1. The number of nitrogens with zero attached hydrogens (tertiary/aromatic N) is 2. The number of hydrogen-bond donors (Lipinski definition) is 1. The molecule has 7 nitrogen and oxygen atoms in total. The number of amides is 1. The zero-order valence-corrected chi connectivity index (χ0v) is 22.5. The fourth-order valence-corrected chi connectivity index (χ4v) is 6.14. The van der Waals surface area contributed by atoms with Crippen LogP contribution >= 0.6 is 0 Å². The molecule has 38 heavy (non-hydrogen) atoms. The van der Waals surface area contributed by atoms with E-state index < -0.39 is 0 Å². The highest BCUT2D eigenvalue weighted by Crippen LogP contribution is 2.45. The molecule has 1 aliphatic carbocycles. The zero-order chi connectivity index (χ0) is 26.4. The Morgan fingerprint density at radius 1 is 1.11 bits per heavy atom. The Balaban J connectivity index is 1.22. The second-order valence-electron chi connectivity index (χ2n) is 10.8. The van der Waals surface area contributed by atoms with Gasteiger partial charge in [-0.05, 0) is 81.8 Å². The fourth-order valence-electron chi connectivity index (χ4n) is 6.14. The first kappa shape index (κ1) is 26.3. The maximum Gasteiger partial charge on any atom is 0.407 e. The molecule has 2 fully saturated rings. The molecule has 3 aromatic rings. The molecule has 1 N–H and O–H groups in total. The molecule has 1 amide bonds. The van der Waals surface area contributed by atoms with Crippen molar-refractivity contribution in [2.24, 2.45) is 0 Å². The Morgan fingerprint density at radius 2 is 1.92 bits per heavy atom. The van der Waals surface area contributed by atoms with E-state index in [9.17, 15) is 4.79 Å². The second kappa shape index (κ2) is 12.0. The normalized spacial score (nSPS) is 23.7. The van der Waals surface area contributed by atoms with Crippen LogP contribution in [-0.2, 0) is 16.6 Å². The minimum Gasteiger partial charge on any atom is -0.497 e. The van der Waals surface area contributed by atoms with E-state index in [-0.39, 0.29) is 17.6 Å². The van der Waals surface area contributed by atoms with Crippen molar-refractivity contribution in [3.05, 3.63) is 83.2 Å². The smallest absolute Gasteiger partial charge is 0.407 e. The van der Waals surface area contributed by atoms with Crippen molar-refractivity contribution in [3.63, 3.8) is 0 Å². The van der Waals surface area contributed by atoms with Gasteiger partial charge in [0.1, 0.15) is 17.6 Å². The monoisotopic (exact) mass is 517 g/mol. The van der Waals surface area contributed by atoms with Gasteiger partial charge in [0, 0.05) is 30.5 Å². The maximum absolute atomic E-state index is 12.5. The highest BCUT2D eigenvalue weighted by atomic mass is 16.6. The van der Waals surface area contributed by atoms with Crippen LogP contribution in [0.15, 0.2) is 65.2 Å². The number of carbonyl (C=O) groups excluding carboxylic acids is 1. The molecule has 0 spiro atoms. The third-order valence-corrected chi connectivity index (χ3v) is 8.37. The number of methoxy groups -OCH3 is 1. The lowest BCUT2D eigenvalue weighted by Gasteiger charge is -2.39. The van der Waals surface area contributed by atoms with Gasteiger partial charge in [-0.15, -0.1) is 0 Å². The number of alkyl carbamates (subject to hydrolysis) is 1. The molecule has 2 heterocycles.